The third-order valence-electron chi connectivity index (χ3n) is 5.84. The van der Waals surface area contributed by atoms with Gasteiger partial charge in [-0.3, -0.25) is 9.69 Å². The molecule has 166 valence electrons. The smallest absolute Gasteiger partial charge is 0.257 e. The maximum absolute atomic E-state index is 13.2. The number of ether oxygens (including phenoxy) is 1. The normalized spacial score (nSPS) is 21.2. The summed E-state index contributed by atoms with van der Waals surface area (Å²) in [4.78, 5) is 17.2. The van der Waals surface area contributed by atoms with Crippen molar-refractivity contribution < 1.29 is 17.9 Å². The van der Waals surface area contributed by atoms with Crippen molar-refractivity contribution in [1.82, 2.24) is 9.80 Å². The van der Waals surface area contributed by atoms with Gasteiger partial charge in [-0.1, -0.05) is 41.4 Å². The van der Waals surface area contributed by atoms with Gasteiger partial charge >= 0.3 is 0 Å². The van der Waals surface area contributed by atoms with Crippen LogP contribution in [0.3, 0.4) is 0 Å². The standard InChI is InChI=1S/C22H24Cl2N2O4S/c23-17-6-5-16(20(24)13-17)14-30-21-4-2-1-3-19(21)22(27)26-10-8-25(9-11-26)18-7-12-31(28,29)15-18/h1-6,13,18H,7-12,14-15H2/t18-/m1/s1. The van der Waals surface area contributed by atoms with Crippen LogP contribution in [0, 0.1) is 0 Å². The summed E-state index contributed by atoms with van der Waals surface area (Å²) in [6, 6.07) is 12.5. The Hall–Kier alpha value is -1.80. The number of sulfone groups is 1. The number of rotatable bonds is 5. The molecule has 0 bridgehead atoms. The average Bonchev–Trinajstić information content (AvgIpc) is 3.13. The van der Waals surface area contributed by atoms with Gasteiger partial charge in [-0.05, 0) is 30.7 Å². The highest BCUT2D eigenvalue weighted by molar-refractivity contribution is 7.91. The van der Waals surface area contributed by atoms with Crippen LogP contribution in [-0.4, -0.2) is 67.9 Å². The van der Waals surface area contributed by atoms with E-state index in [0.717, 1.165) is 5.56 Å². The Morgan fingerprint density at radius 2 is 1.81 bits per heavy atom. The molecule has 2 aliphatic heterocycles. The molecule has 9 heteroatoms. The quantitative estimate of drug-likeness (QED) is 0.651. The predicted molar refractivity (Wildman–Crippen MR) is 122 cm³/mol. The van der Waals surface area contributed by atoms with Gasteiger partial charge in [0.05, 0.1) is 17.1 Å². The molecule has 31 heavy (non-hydrogen) atoms. The van der Waals surface area contributed by atoms with E-state index in [0.29, 0.717) is 54.0 Å². The van der Waals surface area contributed by atoms with Crippen LogP contribution in [0.5, 0.6) is 5.75 Å². The fraction of sp³-hybridized carbons (Fsp3) is 0.409. The van der Waals surface area contributed by atoms with Gasteiger partial charge in [-0.25, -0.2) is 8.42 Å². The molecular formula is C22H24Cl2N2O4S. The van der Waals surface area contributed by atoms with Crippen molar-refractivity contribution in [2.75, 3.05) is 37.7 Å². The number of amides is 1. The first-order valence-electron chi connectivity index (χ1n) is 10.2. The molecule has 0 N–H and O–H groups in total. The van der Waals surface area contributed by atoms with Gasteiger partial charge in [0.15, 0.2) is 9.84 Å². The molecule has 2 saturated heterocycles. The Labute approximate surface area is 192 Å². The van der Waals surface area contributed by atoms with Gasteiger partial charge in [0.25, 0.3) is 5.91 Å². The lowest BCUT2D eigenvalue weighted by molar-refractivity contribution is 0.0583. The number of halogens is 2. The van der Waals surface area contributed by atoms with Crippen molar-refractivity contribution in [2.24, 2.45) is 0 Å². The molecule has 0 saturated carbocycles. The van der Waals surface area contributed by atoms with Crippen molar-refractivity contribution >= 4 is 38.9 Å². The molecule has 0 aliphatic carbocycles. The Bertz CT molecular complexity index is 1070. The number of piperazine rings is 1. The average molecular weight is 483 g/mol. The maximum atomic E-state index is 13.2. The van der Waals surface area contributed by atoms with E-state index in [2.05, 4.69) is 4.90 Å². The van der Waals surface area contributed by atoms with E-state index in [-0.39, 0.29) is 30.1 Å². The van der Waals surface area contributed by atoms with Gasteiger partial charge in [-0.15, -0.1) is 0 Å². The van der Waals surface area contributed by atoms with Crippen molar-refractivity contribution in [2.45, 2.75) is 19.1 Å². The first kappa shape index (κ1) is 22.4. The van der Waals surface area contributed by atoms with Crippen molar-refractivity contribution in [1.29, 1.82) is 0 Å². The molecule has 0 aromatic heterocycles. The molecule has 1 amide bonds. The minimum absolute atomic E-state index is 0.0713. The highest BCUT2D eigenvalue weighted by Crippen LogP contribution is 2.26. The number of hydrogen-bond acceptors (Lipinski definition) is 5. The van der Waals surface area contributed by atoms with E-state index in [4.69, 9.17) is 27.9 Å². The number of para-hydroxylation sites is 1. The fourth-order valence-corrected chi connectivity index (χ4v) is 6.31. The summed E-state index contributed by atoms with van der Waals surface area (Å²) >= 11 is 12.2. The lowest BCUT2D eigenvalue weighted by Crippen LogP contribution is -2.52. The van der Waals surface area contributed by atoms with E-state index in [9.17, 15) is 13.2 Å². The summed E-state index contributed by atoms with van der Waals surface area (Å²) in [7, 11) is -2.91. The molecule has 0 radical (unpaired) electrons. The monoisotopic (exact) mass is 482 g/mol. The van der Waals surface area contributed by atoms with E-state index in [1.54, 1.807) is 35.2 Å². The number of carbonyl (C=O) groups excluding carboxylic acids is 1. The molecule has 2 heterocycles. The third-order valence-corrected chi connectivity index (χ3v) is 8.18. The van der Waals surface area contributed by atoms with Crippen LogP contribution in [-0.2, 0) is 16.4 Å². The number of carbonyl (C=O) groups is 1. The van der Waals surface area contributed by atoms with E-state index < -0.39 is 9.84 Å². The third kappa shape index (κ3) is 5.34. The van der Waals surface area contributed by atoms with E-state index in [1.165, 1.54) is 0 Å². The Morgan fingerprint density at radius 3 is 2.48 bits per heavy atom. The second-order valence-electron chi connectivity index (χ2n) is 7.91. The Kier molecular flexibility index (Phi) is 6.77. The number of benzene rings is 2. The highest BCUT2D eigenvalue weighted by Gasteiger charge is 2.34. The first-order valence-corrected chi connectivity index (χ1v) is 12.8. The summed E-state index contributed by atoms with van der Waals surface area (Å²) in [6.45, 7) is 2.70. The molecule has 1 atom stereocenters. The van der Waals surface area contributed by atoms with Crippen molar-refractivity contribution in [3.05, 3.63) is 63.6 Å². The van der Waals surface area contributed by atoms with Crippen LogP contribution in [0.2, 0.25) is 10.0 Å². The molecule has 2 aromatic rings. The Morgan fingerprint density at radius 1 is 1.06 bits per heavy atom. The second kappa shape index (κ2) is 9.36. The van der Waals surface area contributed by atoms with Crippen molar-refractivity contribution in [3.8, 4) is 5.75 Å². The lowest BCUT2D eigenvalue weighted by atomic mass is 10.1. The van der Waals surface area contributed by atoms with Gasteiger partial charge in [-0.2, -0.15) is 0 Å². The van der Waals surface area contributed by atoms with Gasteiger partial charge in [0.1, 0.15) is 12.4 Å². The Balaban J connectivity index is 1.39. The first-order chi connectivity index (χ1) is 14.8. The highest BCUT2D eigenvalue weighted by atomic mass is 35.5. The zero-order valence-electron chi connectivity index (χ0n) is 17.0. The molecule has 2 aromatic carbocycles. The minimum Gasteiger partial charge on any atom is -0.488 e. The number of nitrogens with zero attached hydrogens (tertiary/aromatic N) is 2. The lowest BCUT2D eigenvalue weighted by Gasteiger charge is -2.37. The van der Waals surface area contributed by atoms with Crippen LogP contribution in [0.1, 0.15) is 22.3 Å². The van der Waals surface area contributed by atoms with Gasteiger partial charge in [0, 0.05) is 47.8 Å². The minimum atomic E-state index is -2.91. The molecule has 0 spiro atoms. The number of hydrogen-bond donors (Lipinski definition) is 0. The molecule has 2 fully saturated rings. The van der Waals surface area contributed by atoms with E-state index >= 15 is 0 Å². The SMILES string of the molecule is O=C(c1ccccc1OCc1ccc(Cl)cc1Cl)N1CCN([C@@H]2CCS(=O)(=O)C2)CC1. The maximum Gasteiger partial charge on any atom is 0.257 e. The fourth-order valence-electron chi connectivity index (χ4n) is 4.09. The van der Waals surface area contributed by atoms with E-state index in [1.807, 2.05) is 12.1 Å². The van der Waals surface area contributed by atoms with Crippen LogP contribution in [0.25, 0.3) is 0 Å². The van der Waals surface area contributed by atoms with Crippen LogP contribution >= 0.6 is 23.2 Å². The zero-order valence-corrected chi connectivity index (χ0v) is 19.3. The van der Waals surface area contributed by atoms with Crippen LogP contribution in [0.4, 0.5) is 0 Å². The molecule has 2 aliphatic rings. The summed E-state index contributed by atoms with van der Waals surface area (Å²) < 4.78 is 29.4. The van der Waals surface area contributed by atoms with Crippen molar-refractivity contribution in [3.63, 3.8) is 0 Å². The van der Waals surface area contributed by atoms with Crippen LogP contribution in [0.15, 0.2) is 42.5 Å². The summed E-state index contributed by atoms with van der Waals surface area (Å²) in [5, 5.41) is 1.07. The summed E-state index contributed by atoms with van der Waals surface area (Å²) in [5.41, 5.74) is 1.29. The van der Waals surface area contributed by atoms with Crippen LogP contribution < -0.4 is 4.74 Å². The van der Waals surface area contributed by atoms with Gasteiger partial charge < -0.3 is 9.64 Å². The second-order valence-corrected chi connectivity index (χ2v) is 11.0. The molecule has 0 unspecified atom stereocenters. The largest absolute Gasteiger partial charge is 0.488 e. The zero-order chi connectivity index (χ0) is 22.0. The molecule has 6 nitrogen and oxygen atoms in total. The van der Waals surface area contributed by atoms with Gasteiger partial charge in [0.2, 0.25) is 0 Å². The summed E-state index contributed by atoms with van der Waals surface area (Å²) in [5.74, 6) is 0.906. The molecule has 4 rings (SSSR count). The summed E-state index contributed by atoms with van der Waals surface area (Å²) in [6.07, 6.45) is 0.681. The topological polar surface area (TPSA) is 66.9 Å². The molecular weight excluding hydrogens is 459 g/mol. The predicted octanol–water partition coefficient (Wildman–Crippen LogP) is 3.52.